The molecule has 0 fully saturated rings. The minimum atomic E-state index is 0.857. The third kappa shape index (κ3) is 2.86. The Bertz CT molecular complexity index is 1320. The summed E-state index contributed by atoms with van der Waals surface area (Å²) >= 11 is 3.55. The van der Waals surface area contributed by atoms with Gasteiger partial charge in [0.15, 0.2) is 10.8 Å². The van der Waals surface area contributed by atoms with E-state index in [1.165, 1.54) is 27.8 Å². The van der Waals surface area contributed by atoms with E-state index in [1.807, 2.05) is 23.5 Å². The fourth-order valence-corrected chi connectivity index (χ4v) is 6.21. The maximum absolute atomic E-state index is 5.11. The Morgan fingerprint density at radius 1 is 0.931 bits per heavy atom. The predicted molar refractivity (Wildman–Crippen MR) is 120 cm³/mol. The van der Waals surface area contributed by atoms with Gasteiger partial charge in [0, 0.05) is 16.2 Å². The van der Waals surface area contributed by atoms with E-state index in [2.05, 4.69) is 63.1 Å². The van der Waals surface area contributed by atoms with Crippen molar-refractivity contribution in [2.75, 3.05) is 0 Å². The number of rotatable bonds is 4. The van der Waals surface area contributed by atoms with Gasteiger partial charge in [-0.2, -0.15) is 0 Å². The molecule has 4 nitrogen and oxygen atoms in total. The molecule has 2 aromatic carbocycles. The van der Waals surface area contributed by atoms with E-state index in [0.717, 1.165) is 45.6 Å². The van der Waals surface area contributed by atoms with E-state index < -0.39 is 0 Å². The highest BCUT2D eigenvalue weighted by Crippen LogP contribution is 2.40. The van der Waals surface area contributed by atoms with E-state index in [9.17, 15) is 0 Å². The first kappa shape index (κ1) is 17.2. The van der Waals surface area contributed by atoms with Crippen LogP contribution in [0.15, 0.2) is 65.8 Å². The molecule has 1 aliphatic rings. The number of hydrogen-bond acceptors (Lipinski definition) is 5. The van der Waals surface area contributed by atoms with Gasteiger partial charge in [-0.3, -0.25) is 4.40 Å². The summed E-state index contributed by atoms with van der Waals surface area (Å²) in [5.74, 6) is 1.78. The van der Waals surface area contributed by atoms with Crippen LogP contribution >= 0.6 is 23.1 Å². The van der Waals surface area contributed by atoms with Crippen LogP contribution < -0.4 is 0 Å². The summed E-state index contributed by atoms with van der Waals surface area (Å²) in [6.07, 6.45) is 3.51. The molecule has 3 heterocycles. The van der Waals surface area contributed by atoms with Crippen LogP contribution in [0.25, 0.3) is 27.3 Å². The van der Waals surface area contributed by atoms with Gasteiger partial charge < -0.3 is 0 Å². The molecule has 0 aliphatic heterocycles. The molecule has 6 heteroatoms. The Labute approximate surface area is 176 Å². The second-order valence-electron chi connectivity index (χ2n) is 7.25. The third-order valence-corrected chi connectivity index (χ3v) is 7.61. The monoisotopic (exact) mass is 414 g/mol. The molecule has 0 spiro atoms. The van der Waals surface area contributed by atoms with E-state index in [0.29, 0.717) is 0 Å². The highest BCUT2D eigenvalue weighted by Gasteiger charge is 2.24. The molecule has 0 radical (unpaired) electrons. The molecule has 6 rings (SSSR count). The summed E-state index contributed by atoms with van der Waals surface area (Å²) in [4.78, 5) is 7.68. The minimum absolute atomic E-state index is 0.857. The Morgan fingerprint density at radius 2 is 1.72 bits per heavy atom. The van der Waals surface area contributed by atoms with Crippen LogP contribution in [-0.4, -0.2) is 19.6 Å². The van der Waals surface area contributed by atoms with Gasteiger partial charge in [-0.15, -0.1) is 21.5 Å². The average molecular weight is 415 g/mol. The first-order valence-corrected chi connectivity index (χ1v) is 11.6. The van der Waals surface area contributed by atoms with Crippen molar-refractivity contribution in [3.63, 3.8) is 0 Å². The summed E-state index contributed by atoms with van der Waals surface area (Å²) in [5, 5.41) is 11.4. The van der Waals surface area contributed by atoms with E-state index in [4.69, 9.17) is 4.98 Å². The maximum Gasteiger partial charge on any atom is 0.197 e. The van der Waals surface area contributed by atoms with Gasteiger partial charge in [0.05, 0.1) is 5.39 Å². The topological polar surface area (TPSA) is 43.1 Å². The van der Waals surface area contributed by atoms with Crippen molar-refractivity contribution in [3.05, 3.63) is 76.7 Å². The zero-order valence-corrected chi connectivity index (χ0v) is 17.3. The van der Waals surface area contributed by atoms with Crippen LogP contribution in [0.3, 0.4) is 0 Å². The zero-order chi connectivity index (χ0) is 19.2. The van der Waals surface area contributed by atoms with E-state index >= 15 is 0 Å². The van der Waals surface area contributed by atoms with Crippen molar-refractivity contribution < 1.29 is 0 Å². The molecule has 0 saturated carbocycles. The maximum atomic E-state index is 5.11. The molecule has 5 aromatic rings. The lowest BCUT2D eigenvalue weighted by atomic mass is 10.1. The van der Waals surface area contributed by atoms with Gasteiger partial charge in [0.1, 0.15) is 10.7 Å². The smallest absolute Gasteiger partial charge is 0.197 e. The van der Waals surface area contributed by atoms with Gasteiger partial charge in [-0.1, -0.05) is 72.4 Å². The standard InChI is InChI=1S/C23H18N4S2/c1-3-8-15(9-4-1)14-28-23-26-25-21-19-17-12-7-13-18(17)29-22(19)24-20(27(21)23)16-10-5-2-6-11-16/h1-6,8-11H,7,12-14H2. The predicted octanol–water partition coefficient (Wildman–Crippen LogP) is 5.79. The van der Waals surface area contributed by atoms with Gasteiger partial charge in [-0.25, -0.2) is 4.98 Å². The molecule has 0 bridgehead atoms. The van der Waals surface area contributed by atoms with Crippen molar-refractivity contribution in [1.29, 1.82) is 0 Å². The SMILES string of the molecule is c1ccc(CSc2nnc3c4c5c(sc4nc(-c4ccccc4)n23)CCC5)cc1. The molecule has 1 aliphatic carbocycles. The molecule has 3 aromatic heterocycles. The highest BCUT2D eigenvalue weighted by atomic mass is 32.2. The summed E-state index contributed by atoms with van der Waals surface area (Å²) < 4.78 is 2.16. The minimum Gasteiger partial charge on any atom is -0.253 e. The third-order valence-electron chi connectivity index (χ3n) is 5.42. The molecule has 0 amide bonds. The Balaban J connectivity index is 1.56. The molecule has 142 valence electrons. The molecular formula is C23H18N4S2. The normalized spacial score (nSPS) is 13.4. The Kier molecular flexibility index (Phi) is 4.13. The summed E-state index contributed by atoms with van der Waals surface area (Å²) in [6, 6.07) is 20.9. The summed E-state index contributed by atoms with van der Waals surface area (Å²) in [5.41, 5.74) is 4.76. The van der Waals surface area contributed by atoms with Gasteiger partial charge in [0.25, 0.3) is 0 Å². The van der Waals surface area contributed by atoms with Crippen LogP contribution in [0.2, 0.25) is 0 Å². The first-order valence-electron chi connectivity index (χ1n) is 9.80. The van der Waals surface area contributed by atoms with Crippen LogP contribution in [0, 0.1) is 0 Å². The van der Waals surface area contributed by atoms with Crippen LogP contribution in [0.1, 0.15) is 22.4 Å². The zero-order valence-electron chi connectivity index (χ0n) is 15.7. The molecule has 29 heavy (non-hydrogen) atoms. The number of thioether (sulfide) groups is 1. The highest BCUT2D eigenvalue weighted by molar-refractivity contribution is 7.98. The lowest BCUT2D eigenvalue weighted by Crippen LogP contribution is -1.99. The van der Waals surface area contributed by atoms with Crippen molar-refractivity contribution in [3.8, 4) is 11.4 Å². The van der Waals surface area contributed by atoms with Crippen molar-refractivity contribution in [1.82, 2.24) is 19.6 Å². The average Bonchev–Trinajstić information content (AvgIpc) is 3.47. The molecule has 0 unspecified atom stereocenters. The molecule has 0 atom stereocenters. The summed E-state index contributed by atoms with van der Waals surface area (Å²) in [6.45, 7) is 0. The molecular weight excluding hydrogens is 396 g/mol. The fourth-order valence-electron chi connectivity index (χ4n) is 4.06. The van der Waals surface area contributed by atoms with Gasteiger partial charge >= 0.3 is 0 Å². The van der Waals surface area contributed by atoms with E-state index in [-0.39, 0.29) is 0 Å². The number of benzene rings is 2. The Hall–Kier alpha value is -2.70. The largest absolute Gasteiger partial charge is 0.253 e. The van der Waals surface area contributed by atoms with Crippen LogP contribution in [-0.2, 0) is 18.6 Å². The molecule has 0 saturated heterocycles. The van der Waals surface area contributed by atoms with E-state index in [1.54, 1.807) is 11.8 Å². The number of aryl methyl sites for hydroxylation is 2. The lowest BCUT2D eigenvalue weighted by molar-refractivity contribution is 0.911. The second-order valence-corrected chi connectivity index (χ2v) is 9.28. The van der Waals surface area contributed by atoms with Gasteiger partial charge in [-0.05, 0) is 30.4 Å². The van der Waals surface area contributed by atoms with Crippen molar-refractivity contribution in [2.45, 2.75) is 30.2 Å². The number of fused-ring (bicyclic) bond motifs is 5. The fraction of sp³-hybridized carbons (Fsp3) is 0.174. The number of thiophene rings is 1. The number of nitrogens with zero attached hydrogens (tertiary/aromatic N) is 4. The number of aromatic nitrogens is 4. The lowest BCUT2D eigenvalue weighted by Gasteiger charge is -2.08. The Morgan fingerprint density at radius 3 is 2.55 bits per heavy atom. The van der Waals surface area contributed by atoms with Crippen molar-refractivity contribution in [2.24, 2.45) is 0 Å². The second kappa shape index (κ2) is 6.97. The van der Waals surface area contributed by atoms with Gasteiger partial charge in [0.2, 0.25) is 0 Å². The van der Waals surface area contributed by atoms with Crippen LogP contribution in [0.4, 0.5) is 0 Å². The van der Waals surface area contributed by atoms with Crippen LogP contribution in [0.5, 0.6) is 0 Å². The number of hydrogen-bond donors (Lipinski definition) is 0. The summed E-state index contributed by atoms with van der Waals surface area (Å²) in [7, 11) is 0. The molecule has 0 N–H and O–H groups in total. The quantitative estimate of drug-likeness (QED) is 0.349. The van der Waals surface area contributed by atoms with Crippen molar-refractivity contribution >= 4 is 39.0 Å². The first-order chi connectivity index (χ1) is 14.4.